The topological polar surface area (TPSA) is 48.8 Å². The van der Waals surface area contributed by atoms with Crippen LogP contribution in [0.5, 0.6) is 0 Å². The summed E-state index contributed by atoms with van der Waals surface area (Å²) in [5.41, 5.74) is 4.49. The number of hydrogen-bond acceptors (Lipinski definition) is 2. The van der Waals surface area contributed by atoms with Gasteiger partial charge in [-0.25, -0.2) is 0 Å². The Balaban J connectivity index is 2.40. The van der Waals surface area contributed by atoms with Gasteiger partial charge in [-0.3, -0.25) is 9.98 Å². The number of hydrogen-bond donors (Lipinski definition) is 2. The molecule has 0 radical (unpaired) electrons. The Labute approximate surface area is 170 Å². The predicted octanol–water partition coefficient (Wildman–Crippen LogP) is 6.22. The first-order valence-corrected chi connectivity index (χ1v) is 10.2. The third-order valence-electron chi connectivity index (χ3n) is 4.73. The van der Waals surface area contributed by atoms with E-state index in [-0.39, 0.29) is 12.1 Å². The molecule has 2 rings (SSSR count). The second kappa shape index (κ2) is 10.6. The molecule has 0 saturated carbocycles. The average Bonchev–Trinajstić information content (AvgIpc) is 2.70. The van der Waals surface area contributed by atoms with Crippen LogP contribution in [0.25, 0.3) is 0 Å². The van der Waals surface area contributed by atoms with E-state index in [0.717, 1.165) is 35.9 Å². The number of aryl methyl sites for hydroxylation is 2. The van der Waals surface area contributed by atoms with Crippen LogP contribution in [0.1, 0.15) is 51.7 Å². The molecule has 2 atom stereocenters. The normalized spacial score (nSPS) is 14.5. The van der Waals surface area contributed by atoms with Crippen molar-refractivity contribution in [2.75, 3.05) is 10.6 Å². The molecular formula is C24H34N4. The first-order chi connectivity index (χ1) is 13.4. The van der Waals surface area contributed by atoms with Gasteiger partial charge in [-0.1, -0.05) is 49.2 Å². The van der Waals surface area contributed by atoms with Crippen molar-refractivity contribution in [2.24, 2.45) is 9.98 Å². The molecular weight excluding hydrogens is 344 g/mol. The van der Waals surface area contributed by atoms with Gasteiger partial charge in [0.2, 0.25) is 0 Å². The third kappa shape index (κ3) is 6.84. The maximum Gasteiger partial charge on any atom is 0.169 e. The fourth-order valence-corrected chi connectivity index (χ4v) is 2.48. The van der Waals surface area contributed by atoms with Crippen LogP contribution in [0.4, 0.5) is 11.4 Å². The quantitative estimate of drug-likeness (QED) is 0.463. The van der Waals surface area contributed by atoms with Crippen molar-refractivity contribution in [3.05, 3.63) is 59.7 Å². The molecule has 4 heteroatoms. The van der Waals surface area contributed by atoms with Gasteiger partial charge >= 0.3 is 0 Å². The molecule has 0 aliphatic rings. The lowest BCUT2D eigenvalue weighted by Crippen LogP contribution is -2.32. The summed E-state index contributed by atoms with van der Waals surface area (Å²) in [6, 6.07) is 17.1. The average molecular weight is 379 g/mol. The van der Waals surface area contributed by atoms with Gasteiger partial charge in [-0.05, 0) is 64.8 Å². The summed E-state index contributed by atoms with van der Waals surface area (Å²) in [6.07, 6.45) is 1.94. The molecule has 4 nitrogen and oxygen atoms in total. The van der Waals surface area contributed by atoms with Gasteiger partial charge < -0.3 is 10.6 Å². The zero-order valence-corrected chi connectivity index (χ0v) is 18.1. The van der Waals surface area contributed by atoms with Crippen LogP contribution in [0, 0.1) is 13.8 Å². The molecule has 0 spiro atoms. The van der Waals surface area contributed by atoms with E-state index in [9.17, 15) is 0 Å². The molecule has 0 aromatic heterocycles. The molecule has 0 aliphatic carbocycles. The van der Waals surface area contributed by atoms with E-state index >= 15 is 0 Å². The van der Waals surface area contributed by atoms with Gasteiger partial charge in [-0.2, -0.15) is 0 Å². The fourth-order valence-electron chi connectivity index (χ4n) is 2.48. The summed E-state index contributed by atoms with van der Waals surface area (Å²) in [7, 11) is 0. The van der Waals surface area contributed by atoms with Crippen molar-refractivity contribution in [1.29, 1.82) is 0 Å². The lowest BCUT2D eigenvalue weighted by molar-refractivity contribution is 0.712. The Kier molecular flexibility index (Phi) is 8.24. The Morgan fingerprint density at radius 2 is 1.00 bits per heavy atom. The van der Waals surface area contributed by atoms with Crippen molar-refractivity contribution < 1.29 is 0 Å². The van der Waals surface area contributed by atoms with E-state index in [0.29, 0.717) is 0 Å². The van der Waals surface area contributed by atoms with E-state index in [1.54, 1.807) is 0 Å². The molecule has 2 aromatic carbocycles. The van der Waals surface area contributed by atoms with Crippen LogP contribution >= 0.6 is 0 Å². The molecule has 0 bridgehead atoms. The van der Waals surface area contributed by atoms with Crippen molar-refractivity contribution in [3.63, 3.8) is 0 Å². The van der Waals surface area contributed by atoms with E-state index < -0.39 is 0 Å². The number of nitrogens with zero attached hydrogens (tertiary/aromatic N) is 2. The first kappa shape index (κ1) is 21.7. The zero-order chi connectivity index (χ0) is 20.5. The number of amidine groups is 2. The molecule has 0 saturated heterocycles. The maximum atomic E-state index is 4.93. The molecule has 28 heavy (non-hydrogen) atoms. The number of nitrogens with one attached hydrogen (secondary N) is 2. The van der Waals surface area contributed by atoms with Crippen LogP contribution in [-0.2, 0) is 0 Å². The van der Waals surface area contributed by atoms with Crippen molar-refractivity contribution in [2.45, 2.75) is 66.5 Å². The summed E-state index contributed by atoms with van der Waals surface area (Å²) in [6.45, 7) is 12.7. The van der Waals surface area contributed by atoms with Crippen molar-refractivity contribution >= 4 is 23.0 Å². The summed E-state index contributed by atoms with van der Waals surface area (Å²) in [5, 5.41) is 6.98. The predicted molar refractivity (Wildman–Crippen MR) is 124 cm³/mol. The van der Waals surface area contributed by atoms with Crippen LogP contribution in [-0.4, -0.2) is 23.8 Å². The van der Waals surface area contributed by atoms with Gasteiger partial charge in [0.05, 0.1) is 0 Å². The van der Waals surface area contributed by atoms with Gasteiger partial charge in [0, 0.05) is 23.5 Å². The Morgan fingerprint density at radius 1 is 0.679 bits per heavy atom. The minimum atomic E-state index is 0.204. The van der Waals surface area contributed by atoms with Gasteiger partial charge in [0.1, 0.15) is 0 Å². The zero-order valence-electron chi connectivity index (χ0n) is 18.1. The second-order valence-electron chi connectivity index (χ2n) is 7.45. The number of rotatable bonds is 6. The van der Waals surface area contributed by atoms with E-state index in [1.807, 2.05) is 0 Å². The molecule has 0 heterocycles. The van der Waals surface area contributed by atoms with Crippen LogP contribution in [0.15, 0.2) is 58.5 Å². The summed E-state index contributed by atoms with van der Waals surface area (Å²) in [4.78, 5) is 9.85. The lowest BCUT2D eigenvalue weighted by Gasteiger charge is -2.18. The second-order valence-corrected chi connectivity index (χ2v) is 7.45. The van der Waals surface area contributed by atoms with E-state index in [1.165, 1.54) is 11.1 Å². The lowest BCUT2D eigenvalue weighted by atomic mass is 10.2. The number of anilines is 2. The Morgan fingerprint density at radius 3 is 1.29 bits per heavy atom. The third-order valence-corrected chi connectivity index (χ3v) is 4.73. The van der Waals surface area contributed by atoms with Gasteiger partial charge in [-0.15, -0.1) is 0 Å². The molecule has 0 amide bonds. The molecule has 0 aliphatic heterocycles. The minimum Gasteiger partial charge on any atom is -0.337 e. The van der Waals surface area contributed by atoms with E-state index in [2.05, 4.69) is 101 Å². The fraction of sp³-hybridized carbons (Fsp3) is 0.417. The highest BCUT2D eigenvalue weighted by Crippen LogP contribution is 2.14. The summed E-state index contributed by atoms with van der Waals surface area (Å²) >= 11 is 0. The highest BCUT2D eigenvalue weighted by Gasteiger charge is 2.14. The minimum absolute atomic E-state index is 0.204. The van der Waals surface area contributed by atoms with E-state index in [4.69, 9.17) is 9.98 Å². The van der Waals surface area contributed by atoms with Crippen LogP contribution in [0.3, 0.4) is 0 Å². The molecule has 150 valence electrons. The smallest absolute Gasteiger partial charge is 0.169 e. The standard InChI is InChI=1S/C24H34N4/c1-7-19(5)25-23(27-21-13-9-17(3)10-14-21)24(26-20(6)8-2)28-22-15-11-18(4)12-16-22/h9-16,19-20H,7-8H2,1-6H3,(H,25,27)(H,26,28)/t19-,20+. The Bertz CT molecular complexity index is 719. The highest BCUT2D eigenvalue weighted by atomic mass is 15.1. The largest absolute Gasteiger partial charge is 0.337 e. The highest BCUT2D eigenvalue weighted by molar-refractivity contribution is 6.48. The number of benzene rings is 2. The van der Waals surface area contributed by atoms with Crippen molar-refractivity contribution in [3.8, 4) is 0 Å². The van der Waals surface area contributed by atoms with Gasteiger partial charge in [0.25, 0.3) is 0 Å². The maximum absolute atomic E-state index is 4.93. The molecule has 2 N–H and O–H groups in total. The molecule has 0 unspecified atom stereocenters. The molecule has 2 aromatic rings. The Hall–Kier alpha value is -2.62. The van der Waals surface area contributed by atoms with Crippen LogP contribution < -0.4 is 10.6 Å². The van der Waals surface area contributed by atoms with Crippen LogP contribution in [0.2, 0.25) is 0 Å². The summed E-state index contributed by atoms with van der Waals surface area (Å²) < 4.78 is 0. The first-order valence-electron chi connectivity index (χ1n) is 10.2. The monoisotopic (exact) mass is 378 g/mol. The molecule has 0 fully saturated rings. The summed E-state index contributed by atoms with van der Waals surface area (Å²) in [5.74, 6) is 1.55. The van der Waals surface area contributed by atoms with Crippen molar-refractivity contribution in [1.82, 2.24) is 0 Å². The number of aliphatic imine (C=N–C) groups is 2. The van der Waals surface area contributed by atoms with Gasteiger partial charge in [0.15, 0.2) is 11.7 Å². The SMILES string of the molecule is CC[C@@H](C)N=C(Nc1ccc(C)cc1)C(=N[C@@H](C)CC)Nc1ccc(C)cc1.